The topological polar surface area (TPSA) is 104 Å². The number of ether oxygens (including phenoxy) is 2. The van der Waals surface area contributed by atoms with Crippen LogP contribution in [0.15, 0.2) is 70.3 Å². The van der Waals surface area contributed by atoms with Gasteiger partial charge in [0, 0.05) is 6.54 Å². The van der Waals surface area contributed by atoms with E-state index in [1.807, 2.05) is 51.1 Å². The number of carbonyl (C=O) groups excluding carboxylic acids is 1. The van der Waals surface area contributed by atoms with Crippen LogP contribution in [-0.2, 0) is 13.1 Å². The Morgan fingerprint density at radius 2 is 1.54 bits per heavy atom. The second-order valence-electron chi connectivity index (χ2n) is 9.14. The third kappa shape index (κ3) is 5.02. The van der Waals surface area contributed by atoms with Gasteiger partial charge >= 0.3 is 5.69 Å². The molecule has 1 amide bonds. The Labute approximate surface area is 212 Å². The van der Waals surface area contributed by atoms with E-state index >= 15 is 0 Å². The molecular weight excluding hydrogens is 472 g/mol. The molecule has 0 saturated heterocycles. The fraction of sp³-hybridized carbons (Fsp3) is 0.214. The third-order valence-electron chi connectivity index (χ3n) is 6.08. The largest absolute Gasteiger partial charge is 0.454 e. The predicted octanol–water partition coefficient (Wildman–Crippen LogP) is 3.03. The molecule has 9 nitrogen and oxygen atoms in total. The van der Waals surface area contributed by atoms with Crippen LogP contribution in [0.1, 0.15) is 38.3 Å². The van der Waals surface area contributed by atoms with E-state index in [-0.39, 0.29) is 25.6 Å². The van der Waals surface area contributed by atoms with Crippen molar-refractivity contribution in [1.29, 1.82) is 0 Å². The summed E-state index contributed by atoms with van der Waals surface area (Å²) in [6.45, 7) is 6.06. The van der Waals surface area contributed by atoms with Gasteiger partial charge in [-0.15, -0.1) is 0 Å². The van der Waals surface area contributed by atoms with Gasteiger partial charge in [-0.05, 0) is 67.3 Å². The Balaban J connectivity index is 1.54. The fourth-order valence-electron chi connectivity index (χ4n) is 4.23. The molecule has 0 unspecified atom stereocenters. The lowest BCUT2D eigenvalue weighted by atomic mass is 10.1. The lowest BCUT2D eigenvalue weighted by molar-refractivity contribution is 0.0941. The second kappa shape index (κ2) is 9.77. The zero-order valence-electron chi connectivity index (χ0n) is 20.8. The van der Waals surface area contributed by atoms with Crippen LogP contribution in [-0.4, -0.2) is 27.0 Å². The van der Waals surface area contributed by atoms with Crippen molar-refractivity contribution in [3.8, 4) is 17.2 Å². The van der Waals surface area contributed by atoms with Gasteiger partial charge in [0.1, 0.15) is 0 Å². The molecular formula is C28H26N4O5. The molecule has 5 rings (SSSR count). The second-order valence-corrected chi connectivity index (χ2v) is 9.14. The molecule has 1 N–H and O–H groups in total. The number of nitrogens with zero attached hydrogens (tertiary/aromatic N) is 3. The first-order valence-corrected chi connectivity index (χ1v) is 11.8. The lowest BCUT2D eigenvalue weighted by Gasteiger charge is -2.13. The van der Waals surface area contributed by atoms with Gasteiger partial charge in [-0.25, -0.2) is 4.79 Å². The van der Waals surface area contributed by atoms with Crippen LogP contribution in [0.25, 0.3) is 5.69 Å². The summed E-state index contributed by atoms with van der Waals surface area (Å²) in [4.78, 5) is 40.0. The summed E-state index contributed by atoms with van der Waals surface area (Å²) in [6.07, 6.45) is 0. The van der Waals surface area contributed by atoms with Gasteiger partial charge in [0.2, 0.25) is 12.5 Å². The highest BCUT2D eigenvalue weighted by molar-refractivity contribution is 5.91. The standard InChI is InChI=1S/C28H26N4O5/c1-17-4-6-20(7-5-17)15-31-27(34)25(30-32(28(31)35)22-11-18(2)10-19(3)12-22)26(33)29-14-21-8-9-23-24(13-21)37-16-36-23/h4-13H,14-16H2,1-3H3,(H,29,33). The van der Waals surface area contributed by atoms with Crippen LogP contribution in [0, 0.1) is 20.8 Å². The Hall–Kier alpha value is -4.66. The smallest absolute Gasteiger partial charge is 0.352 e. The van der Waals surface area contributed by atoms with Crippen LogP contribution < -0.4 is 26.0 Å². The number of amides is 1. The lowest BCUT2D eigenvalue weighted by Crippen LogP contribution is -2.46. The van der Waals surface area contributed by atoms with E-state index in [2.05, 4.69) is 10.4 Å². The van der Waals surface area contributed by atoms with Crippen LogP contribution in [0.2, 0.25) is 0 Å². The van der Waals surface area contributed by atoms with E-state index in [4.69, 9.17) is 9.47 Å². The van der Waals surface area contributed by atoms with Crippen molar-refractivity contribution in [2.24, 2.45) is 0 Å². The molecule has 0 aliphatic carbocycles. The maximum atomic E-state index is 13.5. The maximum Gasteiger partial charge on any atom is 0.352 e. The number of rotatable bonds is 6. The van der Waals surface area contributed by atoms with E-state index in [1.165, 1.54) is 0 Å². The number of carbonyl (C=O) groups is 1. The first-order chi connectivity index (χ1) is 17.8. The minimum Gasteiger partial charge on any atom is -0.454 e. The summed E-state index contributed by atoms with van der Waals surface area (Å²) in [6, 6.07) is 18.4. The van der Waals surface area contributed by atoms with E-state index in [0.29, 0.717) is 17.2 Å². The fourth-order valence-corrected chi connectivity index (χ4v) is 4.23. The van der Waals surface area contributed by atoms with Gasteiger partial charge in [0.05, 0.1) is 12.2 Å². The van der Waals surface area contributed by atoms with E-state index in [0.717, 1.165) is 37.1 Å². The number of hydrogen-bond acceptors (Lipinski definition) is 6. The van der Waals surface area contributed by atoms with Crippen molar-refractivity contribution in [2.75, 3.05) is 6.79 Å². The van der Waals surface area contributed by atoms with E-state index < -0.39 is 17.2 Å². The van der Waals surface area contributed by atoms with E-state index in [9.17, 15) is 14.4 Å². The van der Waals surface area contributed by atoms with Gasteiger partial charge in [-0.3, -0.25) is 14.2 Å². The highest BCUT2D eigenvalue weighted by Gasteiger charge is 2.21. The first-order valence-electron chi connectivity index (χ1n) is 11.8. The van der Waals surface area contributed by atoms with Gasteiger partial charge < -0.3 is 14.8 Å². The van der Waals surface area contributed by atoms with Crippen molar-refractivity contribution < 1.29 is 14.3 Å². The summed E-state index contributed by atoms with van der Waals surface area (Å²) in [5.74, 6) is 0.545. The number of aryl methyl sites for hydroxylation is 3. The third-order valence-corrected chi connectivity index (χ3v) is 6.08. The van der Waals surface area contributed by atoms with Gasteiger partial charge in [-0.2, -0.15) is 9.78 Å². The summed E-state index contributed by atoms with van der Waals surface area (Å²) in [7, 11) is 0. The zero-order valence-corrected chi connectivity index (χ0v) is 20.8. The monoisotopic (exact) mass is 498 g/mol. The van der Waals surface area contributed by atoms with Crippen molar-refractivity contribution in [3.63, 3.8) is 0 Å². The quantitative estimate of drug-likeness (QED) is 0.438. The molecule has 3 aromatic carbocycles. The minimum absolute atomic E-state index is 0.00764. The van der Waals surface area contributed by atoms with Gasteiger partial charge in [0.15, 0.2) is 11.5 Å². The van der Waals surface area contributed by atoms with Crippen molar-refractivity contribution >= 4 is 5.91 Å². The molecule has 1 aromatic heterocycles. The Kier molecular flexibility index (Phi) is 6.35. The van der Waals surface area contributed by atoms with Gasteiger partial charge in [-0.1, -0.05) is 42.0 Å². The van der Waals surface area contributed by atoms with Crippen LogP contribution in [0.3, 0.4) is 0 Å². The molecule has 0 saturated carbocycles. The average molecular weight is 499 g/mol. The number of hydrogen-bond donors (Lipinski definition) is 1. The highest BCUT2D eigenvalue weighted by atomic mass is 16.7. The first kappa shape index (κ1) is 24.1. The zero-order chi connectivity index (χ0) is 26.1. The van der Waals surface area contributed by atoms with Crippen molar-refractivity contribution in [2.45, 2.75) is 33.9 Å². The van der Waals surface area contributed by atoms with E-state index in [1.54, 1.807) is 30.3 Å². The molecule has 0 spiro atoms. The van der Waals surface area contributed by atoms with Gasteiger partial charge in [0.25, 0.3) is 11.5 Å². The Morgan fingerprint density at radius 3 is 2.27 bits per heavy atom. The predicted molar refractivity (Wildman–Crippen MR) is 138 cm³/mol. The van der Waals surface area contributed by atoms with Crippen molar-refractivity contribution in [3.05, 3.63) is 115 Å². The SMILES string of the molecule is Cc1ccc(Cn2c(=O)c(C(=O)NCc3ccc4c(c3)OCO4)nn(-c3cc(C)cc(C)c3)c2=O)cc1. The Morgan fingerprint density at radius 1 is 0.865 bits per heavy atom. The van der Waals surface area contributed by atoms with Crippen LogP contribution in [0.5, 0.6) is 11.5 Å². The summed E-state index contributed by atoms with van der Waals surface area (Å²) in [5, 5.41) is 6.97. The molecule has 0 bridgehead atoms. The van der Waals surface area contributed by atoms with Crippen LogP contribution in [0.4, 0.5) is 0 Å². The molecule has 37 heavy (non-hydrogen) atoms. The summed E-state index contributed by atoms with van der Waals surface area (Å²) < 4.78 is 12.9. The normalized spacial score (nSPS) is 12.0. The molecule has 4 aromatic rings. The molecule has 1 aliphatic rings. The maximum absolute atomic E-state index is 13.5. The van der Waals surface area contributed by atoms with Crippen LogP contribution >= 0.6 is 0 Å². The highest BCUT2D eigenvalue weighted by Crippen LogP contribution is 2.32. The minimum atomic E-state index is -0.755. The summed E-state index contributed by atoms with van der Waals surface area (Å²) >= 11 is 0. The number of benzene rings is 3. The number of aromatic nitrogens is 3. The number of nitrogens with one attached hydrogen (secondary N) is 1. The molecule has 188 valence electrons. The molecule has 0 atom stereocenters. The number of fused-ring (bicyclic) bond motifs is 1. The molecule has 0 fully saturated rings. The molecule has 1 aliphatic heterocycles. The average Bonchev–Trinajstić information content (AvgIpc) is 3.34. The Bertz CT molecular complexity index is 1600. The van der Waals surface area contributed by atoms with Crippen molar-refractivity contribution in [1.82, 2.24) is 19.7 Å². The molecule has 9 heteroatoms. The molecule has 2 heterocycles. The molecule has 0 radical (unpaired) electrons. The summed E-state index contributed by atoms with van der Waals surface area (Å²) in [5.41, 5.74) is 3.16.